The highest BCUT2D eigenvalue weighted by Crippen LogP contribution is 2.27. The van der Waals surface area contributed by atoms with Gasteiger partial charge in [0.1, 0.15) is 24.1 Å². The fourth-order valence-electron chi connectivity index (χ4n) is 3.13. The number of anilines is 2. The van der Waals surface area contributed by atoms with Crippen LogP contribution in [0.5, 0.6) is 11.5 Å². The van der Waals surface area contributed by atoms with Crippen molar-refractivity contribution in [1.82, 2.24) is 4.90 Å². The van der Waals surface area contributed by atoms with E-state index >= 15 is 0 Å². The molecule has 2 aromatic rings. The molecular formula is C21H23N3O5. The van der Waals surface area contributed by atoms with Crippen molar-refractivity contribution >= 4 is 29.2 Å². The number of hydrogen-bond donors (Lipinski definition) is 1. The van der Waals surface area contributed by atoms with Crippen LogP contribution in [-0.4, -0.2) is 49.6 Å². The number of nitrogens with zero attached hydrogens (tertiary/aromatic N) is 2. The van der Waals surface area contributed by atoms with E-state index in [0.29, 0.717) is 22.9 Å². The van der Waals surface area contributed by atoms with Gasteiger partial charge in [-0.05, 0) is 26.0 Å². The van der Waals surface area contributed by atoms with Crippen molar-refractivity contribution < 1.29 is 23.9 Å². The molecule has 0 aliphatic carbocycles. The van der Waals surface area contributed by atoms with Gasteiger partial charge in [0, 0.05) is 29.6 Å². The van der Waals surface area contributed by atoms with Gasteiger partial charge < -0.3 is 14.8 Å². The molecule has 0 aromatic heterocycles. The second kappa shape index (κ2) is 8.22. The largest absolute Gasteiger partial charge is 0.497 e. The molecular weight excluding hydrogens is 374 g/mol. The maximum atomic E-state index is 12.8. The Kier molecular flexibility index (Phi) is 5.72. The number of benzene rings is 2. The molecule has 2 aromatic carbocycles. The summed E-state index contributed by atoms with van der Waals surface area (Å²) in [5.74, 6) is 0.0909. The van der Waals surface area contributed by atoms with E-state index in [9.17, 15) is 14.4 Å². The molecule has 1 N–H and O–H groups in total. The van der Waals surface area contributed by atoms with Gasteiger partial charge in [-0.25, -0.2) is 4.79 Å². The van der Waals surface area contributed by atoms with Crippen LogP contribution in [0.2, 0.25) is 0 Å². The smallest absolute Gasteiger partial charge is 0.332 e. The van der Waals surface area contributed by atoms with Crippen molar-refractivity contribution in [3.8, 4) is 11.5 Å². The molecule has 29 heavy (non-hydrogen) atoms. The minimum absolute atomic E-state index is 0.385. The van der Waals surface area contributed by atoms with Crippen molar-refractivity contribution in [2.75, 3.05) is 31.0 Å². The topological polar surface area (TPSA) is 88.2 Å². The standard InChI is InChI=1S/C21H23N3O5/c1-13-5-7-16(8-6-13)24-14(2)20(26)23(21(24)27)12-19(25)22-15-9-17(28-3)11-18(10-15)29-4/h5-11,14H,12H2,1-4H3,(H,22,25)/t14-/m0/s1. The van der Waals surface area contributed by atoms with E-state index in [2.05, 4.69) is 5.32 Å². The first-order chi connectivity index (χ1) is 13.8. The number of hydrogen-bond acceptors (Lipinski definition) is 5. The van der Waals surface area contributed by atoms with Gasteiger partial charge in [0.05, 0.1) is 14.2 Å². The summed E-state index contributed by atoms with van der Waals surface area (Å²) in [6.45, 7) is 3.20. The van der Waals surface area contributed by atoms with Crippen LogP contribution in [0.25, 0.3) is 0 Å². The number of imide groups is 1. The van der Waals surface area contributed by atoms with Crippen LogP contribution >= 0.6 is 0 Å². The Labute approximate surface area is 169 Å². The van der Waals surface area contributed by atoms with Crippen LogP contribution < -0.4 is 19.7 Å². The van der Waals surface area contributed by atoms with Crippen molar-refractivity contribution in [1.29, 1.82) is 0 Å². The molecule has 1 fully saturated rings. The highest BCUT2D eigenvalue weighted by Gasteiger charge is 2.44. The number of ether oxygens (including phenoxy) is 2. The first kappa shape index (κ1) is 20.2. The third kappa shape index (κ3) is 4.16. The number of amides is 4. The normalized spacial score (nSPS) is 16.2. The van der Waals surface area contributed by atoms with E-state index in [-0.39, 0.29) is 6.54 Å². The van der Waals surface area contributed by atoms with E-state index in [1.807, 2.05) is 19.1 Å². The number of nitrogens with one attached hydrogen (secondary N) is 1. The van der Waals surface area contributed by atoms with Crippen molar-refractivity contribution in [2.24, 2.45) is 0 Å². The predicted molar refractivity (Wildman–Crippen MR) is 108 cm³/mol. The lowest BCUT2D eigenvalue weighted by atomic mass is 10.2. The quantitative estimate of drug-likeness (QED) is 0.758. The number of methoxy groups -OCH3 is 2. The van der Waals surface area contributed by atoms with Gasteiger partial charge in [0.2, 0.25) is 5.91 Å². The van der Waals surface area contributed by atoms with Crippen LogP contribution in [0.15, 0.2) is 42.5 Å². The SMILES string of the molecule is COc1cc(NC(=O)CN2C(=O)[C@H](C)N(c3ccc(C)cc3)C2=O)cc(OC)c1. The predicted octanol–water partition coefficient (Wildman–Crippen LogP) is 2.81. The molecule has 1 aliphatic heterocycles. The maximum absolute atomic E-state index is 12.8. The molecule has 0 radical (unpaired) electrons. The number of carbonyl (C=O) groups excluding carboxylic acids is 3. The molecule has 3 rings (SSSR count). The summed E-state index contributed by atoms with van der Waals surface area (Å²) in [4.78, 5) is 40.3. The summed E-state index contributed by atoms with van der Waals surface area (Å²) in [5, 5.41) is 2.67. The van der Waals surface area contributed by atoms with Crippen LogP contribution in [0.3, 0.4) is 0 Å². The summed E-state index contributed by atoms with van der Waals surface area (Å²) >= 11 is 0. The molecule has 8 nitrogen and oxygen atoms in total. The number of carbonyl (C=O) groups is 3. The van der Waals surface area contributed by atoms with Crippen molar-refractivity contribution in [3.63, 3.8) is 0 Å². The van der Waals surface area contributed by atoms with Gasteiger partial charge in [-0.15, -0.1) is 0 Å². The Morgan fingerprint density at radius 3 is 2.17 bits per heavy atom. The fourth-order valence-corrected chi connectivity index (χ4v) is 3.13. The number of urea groups is 1. The van der Waals surface area contributed by atoms with Crippen molar-refractivity contribution in [3.05, 3.63) is 48.0 Å². The molecule has 4 amide bonds. The van der Waals surface area contributed by atoms with Crippen molar-refractivity contribution in [2.45, 2.75) is 19.9 Å². The monoisotopic (exact) mass is 397 g/mol. The zero-order valence-electron chi connectivity index (χ0n) is 16.8. The Morgan fingerprint density at radius 2 is 1.62 bits per heavy atom. The van der Waals surface area contributed by atoms with Gasteiger partial charge in [-0.3, -0.25) is 19.4 Å². The molecule has 0 unspecified atom stereocenters. The molecule has 0 spiro atoms. The van der Waals surface area contributed by atoms with Gasteiger partial charge in [-0.2, -0.15) is 0 Å². The summed E-state index contributed by atoms with van der Waals surface area (Å²) in [7, 11) is 3.01. The van der Waals surface area contributed by atoms with Crippen LogP contribution in [0.1, 0.15) is 12.5 Å². The van der Waals surface area contributed by atoms with E-state index < -0.39 is 23.9 Å². The Bertz CT molecular complexity index is 920. The second-order valence-corrected chi connectivity index (χ2v) is 6.74. The van der Waals surface area contributed by atoms with Crippen LogP contribution in [0.4, 0.5) is 16.2 Å². The van der Waals surface area contributed by atoms with Gasteiger partial charge in [-0.1, -0.05) is 17.7 Å². The molecule has 1 atom stereocenters. The maximum Gasteiger partial charge on any atom is 0.332 e. The lowest BCUT2D eigenvalue weighted by molar-refractivity contribution is -0.130. The number of rotatable bonds is 6. The Morgan fingerprint density at radius 1 is 1.03 bits per heavy atom. The van der Waals surface area contributed by atoms with E-state index in [1.54, 1.807) is 37.3 Å². The molecule has 1 aliphatic rings. The molecule has 0 saturated carbocycles. The zero-order chi connectivity index (χ0) is 21.1. The highest BCUT2D eigenvalue weighted by molar-refractivity contribution is 6.16. The summed E-state index contributed by atoms with van der Waals surface area (Å²) in [6.07, 6.45) is 0. The molecule has 1 heterocycles. The number of aryl methyl sites for hydroxylation is 1. The average molecular weight is 397 g/mol. The third-order valence-electron chi connectivity index (χ3n) is 4.70. The first-order valence-corrected chi connectivity index (χ1v) is 9.08. The van der Waals surface area contributed by atoms with Gasteiger partial charge >= 0.3 is 6.03 Å². The van der Waals surface area contributed by atoms with Gasteiger partial charge in [0.15, 0.2) is 0 Å². The summed E-state index contributed by atoms with van der Waals surface area (Å²) in [6, 6.07) is 11.0. The van der Waals surface area contributed by atoms with Crippen LogP contribution in [0, 0.1) is 6.92 Å². The second-order valence-electron chi connectivity index (χ2n) is 6.74. The van der Waals surface area contributed by atoms with E-state index in [1.165, 1.54) is 19.1 Å². The average Bonchev–Trinajstić information content (AvgIpc) is 2.91. The molecule has 1 saturated heterocycles. The molecule has 8 heteroatoms. The minimum Gasteiger partial charge on any atom is -0.497 e. The van der Waals surface area contributed by atoms with E-state index in [4.69, 9.17) is 9.47 Å². The Hall–Kier alpha value is -3.55. The lowest BCUT2D eigenvalue weighted by Crippen LogP contribution is -2.39. The summed E-state index contributed by atoms with van der Waals surface area (Å²) in [5.41, 5.74) is 2.10. The lowest BCUT2D eigenvalue weighted by Gasteiger charge is -2.19. The highest BCUT2D eigenvalue weighted by atomic mass is 16.5. The Balaban J connectivity index is 1.74. The first-order valence-electron chi connectivity index (χ1n) is 9.08. The zero-order valence-corrected chi connectivity index (χ0v) is 16.8. The van der Waals surface area contributed by atoms with Gasteiger partial charge in [0.25, 0.3) is 5.91 Å². The fraction of sp³-hybridized carbons (Fsp3) is 0.286. The third-order valence-corrected chi connectivity index (χ3v) is 4.70. The molecule has 152 valence electrons. The van der Waals surface area contributed by atoms with Crippen LogP contribution in [-0.2, 0) is 9.59 Å². The minimum atomic E-state index is -0.685. The van der Waals surface area contributed by atoms with E-state index in [0.717, 1.165) is 10.5 Å². The summed E-state index contributed by atoms with van der Waals surface area (Å²) < 4.78 is 10.4. The molecule has 0 bridgehead atoms.